The highest BCUT2D eigenvalue weighted by Crippen LogP contribution is 2.37. The molecule has 0 saturated carbocycles. The van der Waals surface area contributed by atoms with Gasteiger partial charge in [-0.15, -0.1) is 4.57 Å². The Morgan fingerprint density at radius 3 is 1.61 bits per heavy atom. The summed E-state index contributed by atoms with van der Waals surface area (Å²) in [4.78, 5) is 36.2. The summed E-state index contributed by atoms with van der Waals surface area (Å²) in [5.41, 5.74) is 34.8. The van der Waals surface area contributed by atoms with Crippen molar-refractivity contribution >= 4 is 85.1 Å². The normalized spacial score (nSPS) is 12.7. The van der Waals surface area contributed by atoms with Gasteiger partial charge in [0.1, 0.15) is 16.7 Å². The molecule has 0 unspecified atom stereocenters. The molecule has 0 atom stereocenters. The van der Waals surface area contributed by atoms with E-state index in [0.717, 1.165) is 177 Å². The van der Waals surface area contributed by atoms with Gasteiger partial charge in [-0.3, -0.25) is 9.59 Å². The van der Waals surface area contributed by atoms with Crippen LogP contribution in [-0.4, -0.2) is 62.8 Å². The number of para-hydroxylation sites is 4. The van der Waals surface area contributed by atoms with Crippen LogP contribution in [0.15, 0.2) is 174 Å². The Kier molecular flexibility index (Phi) is 19.2. The number of hydrogen-bond donors (Lipinski definition) is 9. The number of nitrogen functional groups attached to an aromatic ring is 2. The Labute approximate surface area is 488 Å². The number of unbranched alkanes of at least 4 members (excludes halogenated alkanes) is 6. The molecule has 426 valence electrons. The molecular weight excluding hydrogens is 1030 g/mol. The Morgan fingerprint density at radius 1 is 0.530 bits per heavy atom. The highest BCUT2D eigenvalue weighted by atomic mass is 16.2. The number of anilines is 7. The molecule has 0 aliphatic heterocycles. The van der Waals surface area contributed by atoms with Gasteiger partial charge in [-0.05, 0) is 171 Å². The predicted octanol–water partition coefficient (Wildman–Crippen LogP) is 13.7. The zero-order valence-corrected chi connectivity index (χ0v) is 48.9. The van der Waals surface area contributed by atoms with Gasteiger partial charge in [-0.25, -0.2) is 9.98 Å². The van der Waals surface area contributed by atoms with Crippen LogP contribution in [-0.2, 0) is 0 Å². The van der Waals surface area contributed by atoms with Crippen LogP contribution in [0.4, 0.5) is 45.5 Å². The summed E-state index contributed by atoms with van der Waals surface area (Å²) in [7, 11) is 3.85. The number of nitrogens with zero attached hydrogens (tertiary/aromatic N) is 3. The molecular formula is C69H79N12O2+. The van der Waals surface area contributed by atoms with Crippen molar-refractivity contribution in [2.75, 3.05) is 73.0 Å². The van der Waals surface area contributed by atoms with E-state index < -0.39 is 0 Å². The smallest absolute Gasteiger partial charge is 0.251 e. The Hall–Kier alpha value is -9.43. The lowest BCUT2D eigenvalue weighted by Gasteiger charge is -2.19. The maximum atomic E-state index is 13.1. The number of nitrogens with one attached hydrogen (secondary N) is 7. The molecule has 0 saturated heterocycles. The number of carbonyl (C=O) groups excluding carboxylic acids is 2. The molecule has 1 aliphatic rings. The van der Waals surface area contributed by atoms with Crippen LogP contribution in [0.5, 0.6) is 0 Å². The van der Waals surface area contributed by atoms with Crippen molar-refractivity contribution in [1.82, 2.24) is 20.9 Å². The molecule has 83 heavy (non-hydrogen) atoms. The van der Waals surface area contributed by atoms with E-state index in [9.17, 15) is 9.59 Å². The molecule has 1 heterocycles. The van der Waals surface area contributed by atoms with E-state index in [1.807, 2.05) is 105 Å². The SMILES string of the molecule is C=C1C=C(NCCCCCCNC(=O)c2ccc(-c3ccc(C(=O)NCCCCCCNc4cc5c(cc4C)nc4cc(C)c(NC)cc4[n+]5-c4ccccc4N)cc3)cc2)C(C)=CC1=Nc1cc(C)c(NC)cc1Nc1ccccc1N. The number of allylic oxidation sites excluding steroid dienone is 4. The third kappa shape index (κ3) is 14.4. The average molecular weight is 1110 g/mol. The molecule has 0 bridgehead atoms. The number of aliphatic imine (C=N–C) groups is 1. The fourth-order valence-corrected chi connectivity index (χ4v) is 10.5. The van der Waals surface area contributed by atoms with Crippen LogP contribution in [0.2, 0.25) is 0 Å². The second-order valence-electron chi connectivity index (χ2n) is 21.5. The molecule has 14 nitrogen and oxygen atoms in total. The largest absolute Gasteiger partial charge is 0.397 e. The Bertz CT molecular complexity index is 3770. The second-order valence-corrected chi connectivity index (χ2v) is 21.5. The predicted molar refractivity (Wildman–Crippen MR) is 347 cm³/mol. The van der Waals surface area contributed by atoms with E-state index in [2.05, 4.69) is 131 Å². The van der Waals surface area contributed by atoms with Gasteiger partial charge >= 0.3 is 0 Å². The van der Waals surface area contributed by atoms with Crippen LogP contribution in [0, 0.1) is 20.8 Å². The molecule has 7 aromatic carbocycles. The topological polar surface area (TPSA) is 200 Å². The first-order valence-electron chi connectivity index (χ1n) is 29.0. The second kappa shape index (κ2) is 27.4. The Morgan fingerprint density at radius 2 is 1.04 bits per heavy atom. The van der Waals surface area contributed by atoms with Crippen LogP contribution in [0.25, 0.3) is 38.9 Å². The third-order valence-corrected chi connectivity index (χ3v) is 15.4. The minimum Gasteiger partial charge on any atom is -0.397 e. The third-order valence-electron chi connectivity index (χ3n) is 15.4. The molecule has 2 amide bonds. The molecule has 0 spiro atoms. The van der Waals surface area contributed by atoms with Gasteiger partial charge in [0.25, 0.3) is 11.8 Å². The van der Waals surface area contributed by atoms with Gasteiger partial charge in [0.15, 0.2) is 0 Å². The first-order chi connectivity index (χ1) is 40.3. The molecule has 8 aromatic rings. The molecule has 14 heteroatoms. The monoisotopic (exact) mass is 1110 g/mol. The number of amides is 2. The first kappa shape index (κ1) is 58.2. The highest BCUT2D eigenvalue weighted by molar-refractivity contribution is 6.13. The van der Waals surface area contributed by atoms with E-state index in [0.29, 0.717) is 35.6 Å². The number of benzene rings is 7. The van der Waals surface area contributed by atoms with E-state index in [4.69, 9.17) is 21.4 Å². The molecule has 11 N–H and O–H groups in total. The number of nitrogens with two attached hydrogens (primary N) is 2. The van der Waals surface area contributed by atoms with E-state index in [-0.39, 0.29) is 11.8 Å². The van der Waals surface area contributed by atoms with Crippen molar-refractivity contribution in [3.8, 4) is 16.8 Å². The summed E-state index contributed by atoms with van der Waals surface area (Å²) in [6.07, 6.45) is 12.1. The number of carbonyl (C=O) groups is 2. The van der Waals surface area contributed by atoms with Crippen molar-refractivity contribution in [3.05, 3.63) is 197 Å². The summed E-state index contributed by atoms with van der Waals surface area (Å²) in [6, 6.07) is 43.7. The molecule has 1 aromatic heterocycles. The lowest BCUT2D eigenvalue weighted by Crippen LogP contribution is -2.34. The van der Waals surface area contributed by atoms with Gasteiger partial charge < -0.3 is 48.7 Å². The van der Waals surface area contributed by atoms with E-state index >= 15 is 0 Å². The first-order valence-corrected chi connectivity index (χ1v) is 29.0. The number of rotatable bonds is 25. The number of aryl methyl sites for hydroxylation is 3. The minimum absolute atomic E-state index is 0.0818. The fraction of sp³-hybridized carbons (Fsp3) is 0.261. The van der Waals surface area contributed by atoms with Gasteiger partial charge in [-0.1, -0.05) is 80.8 Å². The quantitative estimate of drug-likeness (QED) is 0.0115. The van der Waals surface area contributed by atoms with Crippen molar-refractivity contribution in [2.45, 2.75) is 79.1 Å². The van der Waals surface area contributed by atoms with Crippen molar-refractivity contribution in [1.29, 1.82) is 0 Å². The summed E-state index contributed by atoms with van der Waals surface area (Å²) >= 11 is 0. The van der Waals surface area contributed by atoms with E-state index in [1.54, 1.807) is 0 Å². The lowest BCUT2D eigenvalue weighted by molar-refractivity contribution is -0.537. The van der Waals surface area contributed by atoms with Gasteiger partial charge in [0, 0.05) is 92.4 Å². The average Bonchev–Trinajstić information content (AvgIpc) is 3.53. The zero-order chi connectivity index (χ0) is 58.4. The molecule has 9 rings (SSSR count). The standard InChI is InChI=1S/C69H78N12O2/c1-44-38-61(62(41-56(44)72-6)78-55-22-14-12-20-53(55)70)79-60-37-46(3)58(36-48(60)5)74-32-16-8-10-18-34-76-68(82)51-28-24-49(25-29-51)50-26-30-52(31-27-50)69(83)77-35-19-11-9-17-33-75-59-43-67-64(40-47(59)4)80-63-39-45(2)57(73-7)42-66(63)81(67)65-23-15-13-21-54(65)71/h12-15,20-31,36-43,72,74H,5,8-11,16-19,32-35,71H2,1-4,6-7H3,(H6,70,73,75,76,77,78,80,82,83)/p+1. The van der Waals surface area contributed by atoms with Crippen LogP contribution in [0.1, 0.15) is 95.7 Å². The number of hydrogen-bond acceptors (Lipinski definition) is 11. The summed E-state index contributed by atoms with van der Waals surface area (Å²) in [5.74, 6) is -0.165. The van der Waals surface area contributed by atoms with E-state index in [1.165, 1.54) is 0 Å². The number of aromatic nitrogens is 2. The zero-order valence-electron chi connectivity index (χ0n) is 48.9. The minimum atomic E-state index is -0.0828. The van der Waals surface area contributed by atoms with Gasteiger partial charge in [-0.2, -0.15) is 0 Å². The molecule has 1 aliphatic carbocycles. The van der Waals surface area contributed by atoms with Gasteiger partial charge in [0.05, 0.1) is 28.5 Å². The van der Waals surface area contributed by atoms with Crippen molar-refractivity contribution < 1.29 is 14.2 Å². The summed E-state index contributed by atoms with van der Waals surface area (Å²) in [6.45, 7) is 15.6. The van der Waals surface area contributed by atoms with Crippen LogP contribution in [0.3, 0.4) is 0 Å². The van der Waals surface area contributed by atoms with Crippen LogP contribution >= 0.6 is 0 Å². The maximum absolute atomic E-state index is 13.1. The van der Waals surface area contributed by atoms with Crippen molar-refractivity contribution in [3.63, 3.8) is 0 Å². The molecule has 0 radical (unpaired) electrons. The fourth-order valence-electron chi connectivity index (χ4n) is 10.5. The van der Waals surface area contributed by atoms with Crippen molar-refractivity contribution in [2.24, 2.45) is 4.99 Å². The van der Waals surface area contributed by atoms with Gasteiger partial charge in [0.2, 0.25) is 16.7 Å². The van der Waals surface area contributed by atoms with Crippen LogP contribution < -0.4 is 53.3 Å². The Balaban J connectivity index is 0.654. The molecule has 0 fully saturated rings. The maximum Gasteiger partial charge on any atom is 0.251 e. The highest BCUT2D eigenvalue weighted by Gasteiger charge is 2.24. The summed E-state index contributed by atoms with van der Waals surface area (Å²) in [5, 5.41) is 23.5. The summed E-state index contributed by atoms with van der Waals surface area (Å²) < 4.78 is 2.22. The number of fused-ring (bicyclic) bond motifs is 2. The lowest BCUT2D eigenvalue weighted by atomic mass is 9.98.